The molecule has 10 aromatic carbocycles. The topological polar surface area (TPSA) is 16.4 Å². The lowest BCUT2D eigenvalue weighted by atomic mass is 9.82. The zero-order valence-electron chi connectivity index (χ0n) is 34.3. The summed E-state index contributed by atoms with van der Waals surface area (Å²) in [4.78, 5) is 2.48. The fraction of sp³-hybridized carbons (Fsp3) is 0.0508. The third-order valence-corrected chi connectivity index (χ3v) is 14.6. The molecule has 0 amide bonds. The molecule has 0 aliphatic heterocycles. The summed E-state index contributed by atoms with van der Waals surface area (Å²) in [6.45, 7) is 4.73. The highest BCUT2D eigenvalue weighted by Crippen LogP contribution is 2.53. The molecule has 62 heavy (non-hydrogen) atoms. The molecule has 2 nitrogen and oxygen atoms in total. The van der Waals surface area contributed by atoms with Gasteiger partial charge in [-0.1, -0.05) is 153 Å². The minimum Gasteiger partial charge on any atom is -0.456 e. The predicted octanol–water partition coefficient (Wildman–Crippen LogP) is 17.4. The number of benzene rings is 10. The number of para-hydroxylation sites is 1. The smallest absolute Gasteiger partial charge is 0.137 e. The van der Waals surface area contributed by atoms with Gasteiger partial charge < -0.3 is 9.32 Å². The monoisotopic (exact) mass is 809 g/mol. The van der Waals surface area contributed by atoms with Crippen molar-refractivity contribution in [2.75, 3.05) is 4.90 Å². The van der Waals surface area contributed by atoms with Gasteiger partial charge >= 0.3 is 0 Å². The number of anilines is 3. The third-order valence-electron chi connectivity index (χ3n) is 13.5. The van der Waals surface area contributed by atoms with E-state index in [1.165, 1.54) is 86.2 Å². The van der Waals surface area contributed by atoms with Crippen molar-refractivity contribution < 1.29 is 4.42 Å². The average molecular weight is 810 g/mol. The van der Waals surface area contributed by atoms with Crippen molar-refractivity contribution in [1.82, 2.24) is 0 Å². The summed E-state index contributed by atoms with van der Waals surface area (Å²) in [6, 6.07) is 73.9. The lowest BCUT2D eigenvalue weighted by molar-refractivity contribution is 0.660. The minimum absolute atomic E-state index is 0.169. The van der Waals surface area contributed by atoms with Crippen molar-refractivity contribution in [1.29, 1.82) is 0 Å². The first kappa shape index (κ1) is 35.3. The van der Waals surface area contributed by atoms with Gasteiger partial charge in [-0.25, -0.2) is 0 Å². The molecule has 13 rings (SSSR count). The average Bonchev–Trinajstić information content (AvgIpc) is 3.95. The van der Waals surface area contributed by atoms with Gasteiger partial charge in [0.25, 0.3) is 0 Å². The van der Waals surface area contributed by atoms with Crippen LogP contribution in [0.4, 0.5) is 17.1 Å². The van der Waals surface area contributed by atoms with Crippen molar-refractivity contribution in [2.24, 2.45) is 0 Å². The van der Waals surface area contributed by atoms with E-state index in [1.54, 1.807) is 0 Å². The Labute approximate surface area is 363 Å². The standard InChI is InChI=1S/C59H39NOS/c1-59(2)51-22-10-7-18-43(51)44-30-27-38(34-52(44)59)60(39-28-31-46-45-19-8-11-24-54(45)61-55(46)35-39)53-23-13-21-49(50-32-36-14-3-4-15-40(36)41-16-5-6-17-42(41)50)58(53)37-26-29-48-47-20-9-12-25-56(47)62-57(48)33-37/h3-35H,1-2H3. The van der Waals surface area contributed by atoms with Crippen LogP contribution in [0.5, 0.6) is 0 Å². The Bertz CT molecular complexity index is 3810. The van der Waals surface area contributed by atoms with Crippen LogP contribution in [0.25, 0.3) is 97.0 Å². The van der Waals surface area contributed by atoms with Crippen LogP contribution in [0.2, 0.25) is 0 Å². The van der Waals surface area contributed by atoms with Crippen molar-refractivity contribution in [3.8, 4) is 33.4 Å². The van der Waals surface area contributed by atoms with E-state index in [-0.39, 0.29) is 5.41 Å². The van der Waals surface area contributed by atoms with Crippen LogP contribution in [-0.4, -0.2) is 0 Å². The zero-order valence-corrected chi connectivity index (χ0v) is 35.1. The molecule has 0 saturated carbocycles. The van der Waals surface area contributed by atoms with Crippen molar-refractivity contribution in [2.45, 2.75) is 19.3 Å². The Morgan fingerprint density at radius 3 is 1.95 bits per heavy atom. The lowest BCUT2D eigenvalue weighted by Gasteiger charge is -2.31. The number of furan rings is 1. The fourth-order valence-corrected chi connectivity index (χ4v) is 11.7. The summed E-state index contributed by atoms with van der Waals surface area (Å²) < 4.78 is 9.19. The van der Waals surface area contributed by atoms with Gasteiger partial charge in [0.15, 0.2) is 0 Å². The van der Waals surface area contributed by atoms with E-state index in [2.05, 4.69) is 213 Å². The molecule has 3 heteroatoms. The molecule has 12 aromatic rings. The number of thiophene rings is 1. The molecule has 0 N–H and O–H groups in total. The second kappa shape index (κ2) is 13.3. The summed E-state index contributed by atoms with van der Waals surface area (Å²) in [5, 5.41) is 9.81. The molecule has 0 unspecified atom stereocenters. The highest BCUT2D eigenvalue weighted by Gasteiger charge is 2.36. The summed E-state index contributed by atoms with van der Waals surface area (Å²) in [5.41, 5.74) is 14.9. The van der Waals surface area contributed by atoms with Crippen LogP contribution >= 0.6 is 11.3 Å². The number of rotatable bonds is 5. The van der Waals surface area contributed by atoms with Crippen LogP contribution in [0, 0.1) is 0 Å². The third kappa shape index (κ3) is 5.16. The lowest BCUT2D eigenvalue weighted by Crippen LogP contribution is -2.17. The largest absolute Gasteiger partial charge is 0.456 e. The van der Waals surface area contributed by atoms with E-state index < -0.39 is 0 Å². The van der Waals surface area contributed by atoms with Gasteiger partial charge in [0, 0.05) is 59.4 Å². The molecule has 2 aromatic heterocycles. The predicted molar refractivity (Wildman–Crippen MR) is 265 cm³/mol. The SMILES string of the molecule is CC1(C)c2ccccc2-c2ccc(N(c3ccc4c(c3)oc3ccccc34)c3cccc(-c4cc5ccccc5c5ccccc45)c3-c3ccc4c(c3)sc3ccccc34)cc21. The van der Waals surface area contributed by atoms with Crippen LogP contribution < -0.4 is 4.90 Å². The summed E-state index contributed by atoms with van der Waals surface area (Å²) >= 11 is 1.87. The molecule has 0 atom stereocenters. The van der Waals surface area contributed by atoms with Gasteiger partial charge in [0.2, 0.25) is 0 Å². The molecular formula is C59H39NOS. The molecule has 0 radical (unpaired) electrons. The van der Waals surface area contributed by atoms with E-state index in [9.17, 15) is 0 Å². The highest BCUT2D eigenvalue weighted by atomic mass is 32.1. The number of nitrogens with zero attached hydrogens (tertiary/aromatic N) is 1. The van der Waals surface area contributed by atoms with E-state index in [0.717, 1.165) is 39.0 Å². The Hall–Kier alpha value is -7.46. The second-order valence-electron chi connectivity index (χ2n) is 17.2. The van der Waals surface area contributed by atoms with Crippen LogP contribution in [-0.2, 0) is 5.41 Å². The Balaban J connectivity index is 1.13. The van der Waals surface area contributed by atoms with Crippen LogP contribution in [0.1, 0.15) is 25.0 Å². The fourth-order valence-electron chi connectivity index (χ4n) is 10.5. The molecule has 0 bridgehead atoms. The summed E-state index contributed by atoms with van der Waals surface area (Å²) in [6.07, 6.45) is 0. The zero-order chi connectivity index (χ0) is 41.1. The van der Waals surface area contributed by atoms with Gasteiger partial charge in [-0.2, -0.15) is 0 Å². The number of fused-ring (bicyclic) bond motifs is 12. The first-order valence-electron chi connectivity index (χ1n) is 21.4. The van der Waals surface area contributed by atoms with E-state index in [4.69, 9.17) is 4.42 Å². The molecule has 292 valence electrons. The van der Waals surface area contributed by atoms with Gasteiger partial charge in [-0.15, -0.1) is 11.3 Å². The van der Waals surface area contributed by atoms with Crippen molar-refractivity contribution in [3.63, 3.8) is 0 Å². The van der Waals surface area contributed by atoms with E-state index in [0.29, 0.717) is 0 Å². The van der Waals surface area contributed by atoms with Gasteiger partial charge in [-0.05, 0) is 115 Å². The molecule has 2 heterocycles. The van der Waals surface area contributed by atoms with Crippen molar-refractivity contribution in [3.05, 3.63) is 211 Å². The summed E-state index contributed by atoms with van der Waals surface area (Å²) in [5.74, 6) is 0. The Morgan fingerprint density at radius 1 is 0.403 bits per heavy atom. The van der Waals surface area contributed by atoms with E-state index >= 15 is 0 Å². The Morgan fingerprint density at radius 2 is 1.05 bits per heavy atom. The summed E-state index contributed by atoms with van der Waals surface area (Å²) in [7, 11) is 0. The quantitative estimate of drug-likeness (QED) is 0.161. The molecule has 0 fully saturated rings. The molecular weight excluding hydrogens is 771 g/mol. The van der Waals surface area contributed by atoms with Gasteiger partial charge in [0.1, 0.15) is 11.2 Å². The first-order chi connectivity index (χ1) is 30.5. The van der Waals surface area contributed by atoms with Gasteiger partial charge in [0.05, 0.1) is 5.69 Å². The normalized spacial score (nSPS) is 13.1. The Kier molecular flexibility index (Phi) is 7.56. The molecule has 1 aliphatic carbocycles. The van der Waals surface area contributed by atoms with Crippen LogP contribution in [0.15, 0.2) is 205 Å². The maximum atomic E-state index is 6.61. The highest BCUT2D eigenvalue weighted by molar-refractivity contribution is 7.25. The molecule has 1 aliphatic rings. The second-order valence-corrected chi connectivity index (χ2v) is 18.3. The van der Waals surface area contributed by atoms with E-state index in [1.807, 2.05) is 17.4 Å². The molecule has 0 saturated heterocycles. The number of hydrogen-bond donors (Lipinski definition) is 0. The maximum absolute atomic E-state index is 6.61. The number of hydrogen-bond acceptors (Lipinski definition) is 3. The maximum Gasteiger partial charge on any atom is 0.137 e. The van der Waals surface area contributed by atoms with Crippen LogP contribution in [0.3, 0.4) is 0 Å². The minimum atomic E-state index is -0.169. The van der Waals surface area contributed by atoms with Crippen molar-refractivity contribution >= 4 is 92.1 Å². The first-order valence-corrected chi connectivity index (χ1v) is 22.2. The van der Waals surface area contributed by atoms with Gasteiger partial charge in [-0.3, -0.25) is 0 Å². The molecule has 0 spiro atoms.